The van der Waals surface area contributed by atoms with Gasteiger partial charge in [0.1, 0.15) is 4.88 Å². The second-order valence-electron chi connectivity index (χ2n) is 4.58. The number of carbonyl (C=O) groups excluding carboxylic acids is 1. The molecule has 0 atom stereocenters. The van der Waals surface area contributed by atoms with Crippen molar-refractivity contribution in [2.45, 2.75) is 0 Å². The first-order valence-electron chi connectivity index (χ1n) is 6.62. The Labute approximate surface area is 127 Å². The Morgan fingerprint density at radius 1 is 0.905 bits per heavy atom. The Hall–Kier alpha value is -2.39. The van der Waals surface area contributed by atoms with Crippen LogP contribution in [0.3, 0.4) is 0 Å². The maximum Gasteiger partial charge on any atom is 0.348 e. The summed E-state index contributed by atoms with van der Waals surface area (Å²) in [4.78, 5) is 13.5. The van der Waals surface area contributed by atoms with Crippen molar-refractivity contribution in [2.24, 2.45) is 0 Å². The first-order valence-corrected chi connectivity index (χ1v) is 7.44. The van der Waals surface area contributed by atoms with Crippen molar-refractivity contribution >= 4 is 17.3 Å². The molecule has 1 aromatic heterocycles. The van der Waals surface area contributed by atoms with Crippen LogP contribution in [0.15, 0.2) is 66.7 Å². The number of thiophene rings is 1. The van der Waals surface area contributed by atoms with E-state index in [0.29, 0.717) is 4.88 Å². The molecule has 0 aliphatic rings. The van der Waals surface area contributed by atoms with E-state index in [1.165, 1.54) is 18.4 Å². The van der Waals surface area contributed by atoms with Crippen LogP contribution < -0.4 is 0 Å². The molecule has 2 nitrogen and oxygen atoms in total. The van der Waals surface area contributed by atoms with Gasteiger partial charge in [-0.1, -0.05) is 60.7 Å². The highest BCUT2D eigenvalue weighted by Crippen LogP contribution is 2.39. The monoisotopic (exact) mass is 294 g/mol. The fourth-order valence-electron chi connectivity index (χ4n) is 2.23. The smallest absolute Gasteiger partial charge is 0.348 e. The van der Waals surface area contributed by atoms with Crippen molar-refractivity contribution in [3.8, 4) is 21.6 Å². The van der Waals surface area contributed by atoms with Crippen LogP contribution in [0.4, 0.5) is 0 Å². The number of rotatable bonds is 3. The van der Waals surface area contributed by atoms with E-state index in [1.807, 2.05) is 42.5 Å². The van der Waals surface area contributed by atoms with Crippen molar-refractivity contribution in [1.82, 2.24) is 0 Å². The highest BCUT2D eigenvalue weighted by molar-refractivity contribution is 7.18. The standard InChI is InChI=1S/C18H14O2S/c1-20-18(19)16-12-15(13-8-4-2-5-9-13)17(21-16)14-10-6-3-7-11-14/h2-12H,1H3. The minimum absolute atomic E-state index is 0.292. The van der Waals surface area contributed by atoms with E-state index < -0.39 is 0 Å². The minimum Gasteiger partial charge on any atom is -0.465 e. The van der Waals surface area contributed by atoms with Crippen molar-refractivity contribution in [1.29, 1.82) is 0 Å². The molecule has 104 valence electrons. The number of benzene rings is 2. The third-order valence-electron chi connectivity index (χ3n) is 3.24. The summed E-state index contributed by atoms with van der Waals surface area (Å²) in [7, 11) is 1.41. The van der Waals surface area contributed by atoms with Crippen molar-refractivity contribution < 1.29 is 9.53 Å². The summed E-state index contributed by atoms with van der Waals surface area (Å²) in [5, 5.41) is 0. The van der Waals surface area contributed by atoms with Crippen LogP contribution in [-0.2, 0) is 4.74 Å². The van der Waals surface area contributed by atoms with Crippen LogP contribution in [0.25, 0.3) is 21.6 Å². The number of carbonyl (C=O) groups is 1. The zero-order valence-corrected chi connectivity index (χ0v) is 12.4. The second kappa shape index (κ2) is 5.94. The highest BCUT2D eigenvalue weighted by atomic mass is 32.1. The van der Waals surface area contributed by atoms with Crippen molar-refractivity contribution in [3.63, 3.8) is 0 Å². The molecule has 0 amide bonds. The molecule has 0 saturated heterocycles. The molecular formula is C18H14O2S. The average molecular weight is 294 g/mol. The van der Waals surface area contributed by atoms with Gasteiger partial charge in [0.05, 0.1) is 7.11 Å². The summed E-state index contributed by atoms with van der Waals surface area (Å²) in [5.41, 5.74) is 3.27. The molecule has 3 rings (SSSR count). The van der Waals surface area contributed by atoms with Crippen molar-refractivity contribution in [2.75, 3.05) is 7.11 Å². The molecule has 0 spiro atoms. The van der Waals surface area contributed by atoms with Gasteiger partial charge >= 0.3 is 5.97 Å². The van der Waals surface area contributed by atoms with Gasteiger partial charge in [0, 0.05) is 10.4 Å². The second-order valence-corrected chi connectivity index (χ2v) is 5.63. The van der Waals surface area contributed by atoms with Crippen LogP contribution in [-0.4, -0.2) is 13.1 Å². The van der Waals surface area contributed by atoms with Gasteiger partial charge in [0.25, 0.3) is 0 Å². The highest BCUT2D eigenvalue weighted by Gasteiger charge is 2.17. The Balaban J connectivity index is 2.18. The molecule has 0 fully saturated rings. The summed E-state index contributed by atoms with van der Waals surface area (Å²) in [6.45, 7) is 0. The molecule has 2 aromatic carbocycles. The van der Waals surface area contributed by atoms with Gasteiger partial charge in [-0.2, -0.15) is 0 Å². The summed E-state index contributed by atoms with van der Waals surface area (Å²) in [6, 6.07) is 22.1. The SMILES string of the molecule is COC(=O)c1cc(-c2ccccc2)c(-c2ccccc2)s1. The molecule has 0 saturated carbocycles. The zero-order chi connectivity index (χ0) is 14.7. The predicted molar refractivity (Wildman–Crippen MR) is 86.5 cm³/mol. The largest absolute Gasteiger partial charge is 0.465 e. The normalized spacial score (nSPS) is 10.3. The van der Waals surface area contributed by atoms with Gasteiger partial charge in [-0.05, 0) is 17.2 Å². The van der Waals surface area contributed by atoms with Crippen LogP contribution in [0, 0.1) is 0 Å². The number of methoxy groups -OCH3 is 1. The van der Waals surface area contributed by atoms with Crippen molar-refractivity contribution in [3.05, 3.63) is 71.6 Å². The lowest BCUT2D eigenvalue weighted by Crippen LogP contribution is -1.96. The van der Waals surface area contributed by atoms with E-state index in [1.54, 1.807) is 0 Å². The molecule has 21 heavy (non-hydrogen) atoms. The van der Waals surface area contributed by atoms with Gasteiger partial charge in [-0.15, -0.1) is 11.3 Å². The van der Waals surface area contributed by atoms with Gasteiger partial charge < -0.3 is 4.74 Å². The maximum atomic E-state index is 11.8. The maximum absolute atomic E-state index is 11.8. The lowest BCUT2D eigenvalue weighted by Gasteiger charge is -2.03. The molecule has 3 heteroatoms. The third-order valence-corrected chi connectivity index (χ3v) is 4.40. The van der Waals surface area contributed by atoms with E-state index >= 15 is 0 Å². The summed E-state index contributed by atoms with van der Waals surface area (Å²) < 4.78 is 4.85. The molecule has 1 heterocycles. The molecule has 3 aromatic rings. The van der Waals surface area contributed by atoms with Crippen LogP contribution in [0.5, 0.6) is 0 Å². The van der Waals surface area contributed by atoms with Crippen LogP contribution in [0.1, 0.15) is 9.67 Å². The van der Waals surface area contributed by atoms with Gasteiger partial charge in [0.15, 0.2) is 0 Å². The first kappa shape index (κ1) is 13.6. The number of hydrogen-bond donors (Lipinski definition) is 0. The molecular weight excluding hydrogens is 280 g/mol. The number of esters is 1. The summed E-state index contributed by atoms with van der Waals surface area (Å²) in [5.74, 6) is -0.292. The van der Waals surface area contributed by atoms with E-state index in [2.05, 4.69) is 24.3 Å². The van der Waals surface area contributed by atoms with Crippen LogP contribution >= 0.6 is 11.3 Å². The number of ether oxygens (including phenoxy) is 1. The Kier molecular flexibility index (Phi) is 3.84. The summed E-state index contributed by atoms with van der Waals surface area (Å²) >= 11 is 1.47. The average Bonchev–Trinajstić information content (AvgIpc) is 3.01. The Morgan fingerprint density at radius 2 is 1.48 bits per heavy atom. The Bertz CT molecular complexity index is 688. The van der Waals surface area contributed by atoms with E-state index in [9.17, 15) is 4.79 Å². The number of hydrogen-bond acceptors (Lipinski definition) is 3. The van der Waals surface area contributed by atoms with E-state index in [4.69, 9.17) is 4.74 Å². The molecule has 0 unspecified atom stereocenters. The van der Waals surface area contributed by atoms with Gasteiger partial charge in [-0.3, -0.25) is 0 Å². The third kappa shape index (κ3) is 2.73. The molecule has 0 bridgehead atoms. The quantitative estimate of drug-likeness (QED) is 0.644. The predicted octanol–water partition coefficient (Wildman–Crippen LogP) is 4.87. The first-order chi connectivity index (χ1) is 10.3. The summed E-state index contributed by atoms with van der Waals surface area (Å²) in [6.07, 6.45) is 0. The molecule has 0 radical (unpaired) electrons. The molecule has 0 aliphatic heterocycles. The molecule has 0 N–H and O–H groups in total. The Morgan fingerprint density at radius 3 is 2.05 bits per heavy atom. The molecule has 0 aliphatic carbocycles. The topological polar surface area (TPSA) is 26.3 Å². The minimum atomic E-state index is -0.292. The van der Waals surface area contributed by atoms with Gasteiger partial charge in [-0.25, -0.2) is 4.79 Å². The van der Waals surface area contributed by atoms with E-state index in [0.717, 1.165) is 21.6 Å². The van der Waals surface area contributed by atoms with Gasteiger partial charge in [0.2, 0.25) is 0 Å². The van der Waals surface area contributed by atoms with Crippen LogP contribution in [0.2, 0.25) is 0 Å². The zero-order valence-electron chi connectivity index (χ0n) is 11.6. The fourth-order valence-corrected chi connectivity index (χ4v) is 3.33. The fraction of sp³-hybridized carbons (Fsp3) is 0.0556. The van der Waals surface area contributed by atoms with E-state index in [-0.39, 0.29) is 5.97 Å². The lowest BCUT2D eigenvalue weighted by molar-refractivity contribution is 0.0606. The lowest BCUT2D eigenvalue weighted by atomic mass is 10.0.